The van der Waals surface area contributed by atoms with Crippen molar-refractivity contribution in [1.82, 2.24) is 5.32 Å². The van der Waals surface area contributed by atoms with E-state index >= 15 is 0 Å². The maximum absolute atomic E-state index is 12.0. The van der Waals surface area contributed by atoms with Gasteiger partial charge in [-0.3, -0.25) is 4.79 Å². The van der Waals surface area contributed by atoms with Gasteiger partial charge in [-0.1, -0.05) is 24.3 Å². The second-order valence-electron chi connectivity index (χ2n) is 5.99. The van der Waals surface area contributed by atoms with Crippen molar-refractivity contribution in [3.8, 4) is 23.0 Å². The Morgan fingerprint density at radius 1 is 1.15 bits per heavy atom. The molecule has 142 valence electrons. The monoisotopic (exact) mass is 369 g/mol. The first-order valence-electron chi connectivity index (χ1n) is 8.78. The van der Waals surface area contributed by atoms with E-state index in [-0.39, 0.29) is 19.3 Å². The number of ether oxygens (including phenoxy) is 4. The fraction of sp³-hybridized carbons (Fsp3) is 0.286. The van der Waals surface area contributed by atoms with Crippen LogP contribution in [0, 0.1) is 0 Å². The molecule has 0 aromatic heterocycles. The van der Waals surface area contributed by atoms with E-state index in [0.29, 0.717) is 24.5 Å². The molecule has 0 radical (unpaired) electrons. The topological polar surface area (TPSA) is 66.0 Å². The van der Waals surface area contributed by atoms with Crippen molar-refractivity contribution >= 4 is 12.0 Å². The van der Waals surface area contributed by atoms with Crippen LogP contribution in [0.1, 0.15) is 18.1 Å². The Labute approximate surface area is 158 Å². The molecule has 6 nitrogen and oxygen atoms in total. The molecule has 0 fully saturated rings. The highest BCUT2D eigenvalue weighted by Crippen LogP contribution is 2.32. The van der Waals surface area contributed by atoms with Crippen molar-refractivity contribution in [2.45, 2.75) is 13.3 Å². The summed E-state index contributed by atoms with van der Waals surface area (Å²) in [6.45, 7) is 2.65. The first-order chi connectivity index (χ1) is 13.2. The van der Waals surface area contributed by atoms with E-state index in [1.54, 1.807) is 13.2 Å². The molecule has 0 aliphatic carbocycles. The average molecular weight is 369 g/mol. The third-order valence-electron chi connectivity index (χ3n) is 4.08. The van der Waals surface area contributed by atoms with Crippen LogP contribution in [0.4, 0.5) is 0 Å². The molecule has 6 heteroatoms. The molecule has 1 amide bonds. The lowest BCUT2D eigenvalue weighted by Crippen LogP contribution is -2.30. The van der Waals surface area contributed by atoms with Crippen LogP contribution in [0.5, 0.6) is 23.0 Å². The zero-order chi connectivity index (χ0) is 19.1. The molecule has 0 bridgehead atoms. The van der Waals surface area contributed by atoms with Gasteiger partial charge in [0, 0.05) is 6.54 Å². The minimum absolute atomic E-state index is 0.0690. The number of amides is 1. The predicted octanol–water partition coefficient (Wildman–Crippen LogP) is 3.19. The average Bonchev–Trinajstić information content (AvgIpc) is 3.15. The largest absolute Gasteiger partial charge is 0.493 e. The number of methoxy groups -OCH3 is 1. The first-order valence-corrected chi connectivity index (χ1v) is 8.78. The minimum Gasteiger partial charge on any atom is -0.493 e. The van der Waals surface area contributed by atoms with Crippen molar-refractivity contribution in [2.24, 2.45) is 0 Å². The van der Waals surface area contributed by atoms with Crippen molar-refractivity contribution in [3.05, 3.63) is 53.6 Å². The van der Waals surface area contributed by atoms with E-state index < -0.39 is 0 Å². The van der Waals surface area contributed by atoms with Gasteiger partial charge in [0.25, 0.3) is 5.91 Å². The Bertz CT molecular complexity index is 831. The quantitative estimate of drug-likeness (QED) is 0.774. The summed E-state index contributed by atoms with van der Waals surface area (Å²) >= 11 is 0. The SMILES string of the molecule is C/C=C/c1ccc(OCC(=O)NCCc2ccc3c(c2)OCO3)c(OC)c1. The molecule has 2 aromatic carbocycles. The lowest BCUT2D eigenvalue weighted by Gasteiger charge is -2.11. The summed E-state index contributed by atoms with van der Waals surface area (Å²) in [5, 5.41) is 2.85. The molecule has 1 N–H and O–H groups in total. The molecule has 1 aliphatic heterocycles. The van der Waals surface area contributed by atoms with Crippen LogP contribution >= 0.6 is 0 Å². The molecule has 27 heavy (non-hydrogen) atoms. The van der Waals surface area contributed by atoms with Crippen molar-refractivity contribution in [2.75, 3.05) is 27.1 Å². The van der Waals surface area contributed by atoms with Crippen LogP contribution < -0.4 is 24.3 Å². The normalized spacial score (nSPS) is 12.2. The van der Waals surface area contributed by atoms with E-state index in [4.69, 9.17) is 18.9 Å². The summed E-state index contributed by atoms with van der Waals surface area (Å²) in [6, 6.07) is 11.4. The van der Waals surface area contributed by atoms with Gasteiger partial charge in [0.2, 0.25) is 6.79 Å². The molecule has 0 saturated carbocycles. The summed E-state index contributed by atoms with van der Waals surface area (Å²) in [6.07, 6.45) is 4.61. The van der Waals surface area contributed by atoms with Gasteiger partial charge < -0.3 is 24.3 Å². The highest BCUT2D eigenvalue weighted by molar-refractivity contribution is 5.77. The van der Waals surface area contributed by atoms with Crippen LogP contribution in [-0.2, 0) is 11.2 Å². The Balaban J connectivity index is 1.46. The molecule has 0 atom stereocenters. The molecule has 2 aromatic rings. The number of allylic oxidation sites excluding steroid dienone is 1. The predicted molar refractivity (Wildman–Crippen MR) is 102 cm³/mol. The van der Waals surface area contributed by atoms with Gasteiger partial charge >= 0.3 is 0 Å². The molecule has 1 heterocycles. The second-order valence-corrected chi connectivity index (χ2v) is 5.99. The number of fused-ring (bicyclic) bond motifs is 1. The number of carbonyl (C=O) groups excluding carboxylic acids is 1. The summed E-state index contributed by atoms with van der Waals surface area (Å²) in [4.78, 5) is 12.0. The summed E-state index contributed by atoms with van der Waals surface area (Å²) < 4.78 is 21.6. The van der Waals surface area contributed by atoms with Crippen molar-refractivity contribution in [1.29, 1.82) is 0 Å². The molecule has 1 aliphatic rings. The molecule has 3 rings (SSSR count). The molecular weight excluding hydrogens is 346 g/mol. The lowest BCUT2D eigenvalue weighted by atomic mass is 10.1. The van der Waals surface area contributed by atoms with Crippen LogP contribution in [0.3, 0.4) is 0 Å². The van der Waals surface area contributed by atoms with Crippen molar-refractivity contribution in [3.63, 3.8) is 0 Å². The third kappa shape index (κ3) is 4.94. The smallest absolute Gasteiger partial charge is 0.257 e. The Kier molecular flexibility index (Phi) is 6.20. The Morgan fingerprint density at radius 3 is 2.81 bits per heavy atom. The third-order valence-corrected chi connectivity index (χ3v) is 4.08. The number of hydrogen-bond acceptors (Lipinski definition) is 5. The highest BCUT2D eigenvalue weighted by Gasteiger charge is 2.13. The first kappa shape index (κ1) is 18.6. The van der Waals surface area contributed by atoms with Gasteiger partial charge in [0.15, 0.2) is 29.6 Å². The molecular formula is C21H23NO5. The zero-order valence-electron chi connectivity index (χ0n) is 15.5. The van der Waals surface area contributed by atoms with Gasteiger partial charge in [-0.15, -0.1) is 0 Å². The second kappa shape index (κ2) is 8.98. The maximum atomic E-state index is 12.0. The number of nitrogens with one attached hydrogen (secondary N) is 1. The molecule has 0 saturated heterocycles. The van der Waals surface area contributed by atoms with Gasteiger partial charge in [-0.25, -0.2) is 0 Å². The number of benzene rings is 2. The van der Waals surface area contributed by atoms with Crippen LogP contribution in [0.15, 0.2) is 42.5 Å². The lowest BCUT2D eigenvalue weighted by molar-refractivity contribution is -0.123. The van der Waals surface area contributed by atoms with Gasteiger partial charge in [0.05, 0.1) is 7.11 Å². The van der Waals surface area contributed by atoms with Gasteiger partial charge in [-0.2, -0.15) is 0 Å². The Morgan fingerprint density at radius 2 is 2.00 bits per heavy atom. The minimum atomic E-state index is -0.185. The van der Waals surface area contributed by atoms with Crippen LogP contribution in [0.2, 0.25) is 0 Å². The molecule has 0 spiro atoms. The number of hydrogen-bond donors (Lipinski definition) is 1. The summed E-state index contributed by atoms with van der Waals surface area (Å²) in [5.74, 6) is 2.45. The zero-order valence-corrected chi connectivity index (χ0v) is 15.5. The Hall–Kier alpha value is -3.15. The van der Waals surface area contributed by atoms with E-state index in [1.165, 1.54) is 0 Å². The number of carbonyl (C=O) groups is 1. The van der Waals surface area contributed by atoms with Gasteiger partial charge in [-0.05, 0) is 48.7 Å². The van der Waals surface area contributed by atoms with Crippen molar-refractivity contribution < 1.29 is 23.7 Å². The van der Waals surface area contributed by atoms with E-state index in [9.17, 15) is 4.79 Å². The fourth-order valence-corrected chi connectivity index (χ4v) is 2.74. The van der Waals surface area contributed by atoms with Crippen LogP contribution in [-0.4, -0.2) is 33.0 Å². The van der Waals surface area contributed by atoms with E-state index in [1.807, 2.05) is 49.4 Å². The summed E-state index contributed by atoms with van der Waals surface area (Å²) in [7, 11) is 1.58. The summed E-state index contributed by atoms with van der Waals surface area (Å²) in [5.41, 5.74) is 2.08. The van der Waals surface area contributed by atoms with Crippen LogP contribution in [0.25, 0.3) is 6.08 Å². The number of rotatable bonds is 8. The maximum Gasteiger partial charge on any atom is 0.257 e. The highest BCUT2D eigenvalue weighted by atomic mass is 16.7. The van der Waals surface area contributed by atoms with E-state index in [2.05, 4.69) is 5.32 Å². The van der Waals surface area contributed by atoms with Gasteiger partial charge in [0.1, 0.15) is 0 Å². The fourth-order valence-electron chi connectivity index (χ4n) is 2.74. The standard InChI is InChI=1S/C21H23NO5/c1-3-4-15-5-7-17(19(11-15)24-2)25-13-21(23)22-10-9-16-6-8-18-20(12-16)27-14-26-18/h3-8,11-12H,9-10,13-14H2,1-2H3,(H,22,23)/b4-3+. The van der Waals surface area contributed by atoms with E-state index in [0.717, 1.165) is 22.6 Å². The molecule has 0 unspecified atom stereocenters.